The molecule has 0 heterocycles. The van der Waals surface area contributed by atoms with Gasteiger partial charge in [-0.25, -0.2) is 0 Å². The summed E-state index contributed by atoms with van der Waals surface area (Å²) in [6.07, 6.45) is 0.242. The highest BCUT2D eigenvalue weighted by atomic mass is 79.9. The van der Waals surface area contributed by atoms with Gasteiger partial charge in [-0.2, -0.15) is 0 Å². The lowest BCUT2D eigenvalue weighted by Crippen LogP contribution is -2.13. The maximum atomic E-state index is 12.3. The van der Waals surface area contributed by atoms with Gasteiger partial charge in [0, 0.05) is 24.6 Å². The van der Waals surface area contributed by atoms with Crippen LogP contribution in [0.3, 0.4) is 0 Å². The van der Waals surface area contributed by atoms with Gasteiger partial charge in [0.1, 0.15) is 0 Å². The highest BCUT2D eigenvalue weighted by molar-refractivity contribution is 9.10. The van der Waals surface area contributed by atoms with E-state index in [1.165, 1.54) is 21.3 Å². The first-order valence-corrected chi connectivity index (χ1v) is 8.49. The van der Waals surface area contributed by atoms with Crippen molar-refractivity contribution in [1.29, 1.82) is 0 Å². The van der Waals surface area contributed by atoms with Gasteiger partial charge < -0.3 is 13.8 Å². The van der Waals surface area contributed by atoms with Crippen LogP contribution in [-0.2, 0) is 23.1 Å². The third-order valence-electron chi connectivity index (χ3n) is 2.98. The lowest BCUT2D eigenvalue weighted by Gasteiger charge is -2.21. The number of esters is 1. The van der Waals surface area contributed by atoms with E-state index < -0.39 is 7.60 Å². The summed E-state index contributed by atoms with van der Waals surface area (Å²) in [5.74, 6) is -0.655. The van der Waals surface area contributed by atoms with E-state index in [1.807, 2.05) is 24.3 Å². The Bertz CT molecular complexity index is 480. The predicted molar refractivity (Wildman–Crippen MR) is 80.0 cm³/mol. The lowest BCUT2D eigenvalue weighted by molar-refractivity contribution is -0.140. The van der Waals surface area contributed by atoms with Crippen LogP contribution < -0.4 is 0 Å². The second kappa shape index (κ2) is 7.93. The molecule has 1 aromatic carbocycles. The zero-order valence-corrected chi connectivity index (χ0v) is 14.1. The molecule has 0 aliphatic heterocycles. The molecule has 0 saturated heterocycles. The molecular weight excluding hydrogens is 347 g/mol. The van der Waals surface area contributed by atoms with Gasteiger partial charge in [0.05, 0.1) is 19.7 Å². The van der Waals surface area contributed by atoms with Gasteiger partial charge in [-0.3, -0.25) is 9.36 Å². The third-order valence-corrected chi connectivity index (χ3v) is 5.51. The van der Waals surface area contributed by atoms with Gasteiger partial charge in [-0.1, -0.05) is 28.1 Å². The average Bonchev–Trinajstić information content (AvgIpc) is 2.47. The van der Waals surface area contributed by atoms with Crippen molar-refractivity contribution in [2.24, 2.45) is 0 Å². The minimum atomic E-state index is -3.20. The number of halogens is 1. The zero-order valence-electron chi connectivity index (χ0n) is 11.7. The molecule has 0 amide bonds. The van der Waals surface area contributed by atoms with E-state index in [-0.39, 0.29) is 24.5 Å². The molecule has 0 fully saturated rings. The molecule has 0 bridgehead atoms. The Morgan fingerprint density at radius 1 is 1.20 bits per heavy atom. The first-order chi connectivity index (χ1) is 9.44. The van der Waals surface area contributed by atoms with Crippen molar-refractivity contribution in [1.82, 2.24) is 0 Å². The lowest BCUT2D eigenvalue weighted by atomic mass is 9.98. The molecule has 0 saturated carbocycles. The monoisotopic (exact) mass is 364 g/mol. The van der Waals surface area contributed by atoms with Crippen LogP contribution in [-0.4, -0.2) is 33.5 Å². The topological polar surface area (TPSA) is 61.8 Å². The predicted octanol–water partition coefficient (Wildman–Crippen LogP) is 3.58. The number of carbonyl (C=O) groups is 1. The normalized spacial score (nSPS) is 13.0. The van der Waals surface area contributed by atoms with Gasteiger partial charge >= 0.3 is 13.6 Å². The third kappa shape index (κ3) is 5.02. The van der Waals surface area contributed by atoms with Crippen LogP contribution in [0.15, 0.2) is 28.7 Å². The number of hydrogen-bond donors (Lipinski definition) is 0. The summed E-state index contributed by atoms with van der Waals surface area (Å²) in [6, 6.07) is 7.47. The Labute approximate surface area is 127 Å². The maximum Gasteiger partial charge on any atom is 0.330 e. The first kappa shape index (κ1) is 17.4. The van der Waals surface area contributed by atoms with Crippen LogP contribution in [0.2, 0.25) is 0 Å². The molecule has 1 unspecified atom stereocenters. The second-order valence-corrected chi connectivity index (χ2v) is 7.42. The number of hydrogen-bond acceptors (Lipinski definition) is 5. The summed E-state index contributed by atoms with van der Waals surface area (Å²) in [5.41, 5.74) is 0.882. The van der Waals surface area contributed by atoms with E-state index in [9.17, 15) is 9.36 Å². The summed E-state index contributed by atoms with van der Waals surface area (Å²) < 4.78 is 27.8. The standard InChI is InChI=1S/C13H18BrO5P/c1-17-13(15)8-11(9-20(16,18-2)19-3)10-4-6-12(14)7-5-10/h4-7,11H,8-9H2,1-3H3. The SMILES string of the molecule is COC(=O)CC(CP(=O)(OC)OC)c1ccc(Br)cc1. The maximum absolute atomic E-state index is 12.3. The van der Waals surface area contributed by atoms with Crippen molar-refractivity contribution in [2.45, 2.75) is 12.3 Å². The molecule has 0 spiro atoms. The second-order valence-electron chi connectivity index (χ2n) is 4.19. The Kier molecular flexibility index (Phi) is 6.89. The minimum absolute atomic E-state index is 0.120. The molecule has 1 rings (SSSR count). The van der Waals surface area contributed by atoms with Crippen molar-refractivity contribution in [3.05, 3.63) is 34.3 Å². The Morgan fingerprint density at radius 3 is 2.20 bits per heavy atom. The fourth-order valence-electron chi connectivity index (χ4n) is 1.80. The van der Waals surface area contributed by atoms with Crippen molar-refractivity contribution < 1.29 is 23.1 Å². The largest absolute Gasteiger partial charge is 0.469 e. The van der Waals surface area contributed by atoms with Crippen LogP contribution in [0.4, 0.5) is 0 Å². The highest BCUT2D eigenvalue weighted by Gasteiger charge is 2.29. The number of ether oxygens (including phenoxy) is 1. The van der Waals surface area contributed by atoms with Gasteiger partial charge in [-0.15, -0.1) is 0 Å². The van der Waals surface area contributed by atoms with Crippen LogP contribution >= 0.6 is 23.5 Å². The summed E-state index contributed by atoms with van der Waals surface area (Å²) >= 11 is 3.35. The molecule has 0 aliphatic rings. The summed E-state index contributed by atoms with van der Waals surface area (Å²) in [5, 5.41) is 0. The van der Waals surface area contributed by atoms with Gasteiger partial charge in [0.2, 0.25) is 0 Å². The Hall–Kier alpha value is -0.680. The highest BCUT2D eigenvalue weighted by Crippen LogP contribution is 2.50. The number of benzene rings is 1. The molecule has 0 aliphatic carbocycles. The van der Waals surface area contributed by atoms with Crippen LogP contribution in [0.1, 0.15) is 17.9 Å². The van der Waals surface area contributed by atoms with Crippen molar-refractivity contribution >= 4 is 29.5 Å². The van der Waals surface area contributed by atoms with E-state index in [2.05, 4.69) is 20.7 Å². The molecule has 20 heavy (non-hydrogen) atoms. The molecule has 0 radical (unpaired) electrons. The van der Waals surface area contributed by atoms with E-state index in [0.717, 1.165) is 10.0 Å². The summed E-state index contributed by atoms with van der Waals surface area (Å²) in [4.78, 5) is 11.5. The molecule has 1 atom stereocenters. The Morgan fingerprint density at radius 2 is 1.75 bits per heavy atom. The molecule has 0 aromatic heterocycles. The van der Waals surface area contributed by atoms with Crippen molar-refractivity contribution in [3.8, 4) is 0 Å². The number of methoxy groups -OCH3 is 1. The van der Waals surface area contributed by atoms with E-state index in [4.69, 9.17) is 9.05 Å². The smallest absolute Gasteiger partial charge is 0.330 e. The number of carbonyl (C=O) groups excluding carboxylic acids is 1. The summed E-state index contributed by atoms with van der Waals surface area (Å²) in [7, 11) is 0.795. The van der Waals surface area contributed by atoms with E-state index in [1.54, 1.807) is 0 Å². The first-order valence-electron chi connectivity index (χ1n) is 5.97. The van der Waals surface area contributed by atoms with Crippen molar-refractivity contribution in [2.75, 3.05) is 27.5 Å². The molecular formula is C13H18BrO5P. The van der Waals surface area contributed by atoms with Gasteiger partial charge in [0.25, 0.3) is 0 Å². The van der Waals surface area contributed by atoms with Crippen LogP contribution in [0, 0.1) is 0 Å². The molecule has 7 heteroatoms. The average molecular weight is 365 g/mol. The number of rotatable bonds is 7. The molecule has 0 N–H and O–H groups in total. The fraction of sp³-hybridized carbons (Fsp3) is 0.462. The molecule has 1 aromatic rings. The van der Waals surface area contributed by atoms with Crippen LogP contribution in [0.5, 0.6) is 0 Å². The Balaban J connectivity index is 2.99. The minimum Gasteiger partial charge on any atom is -0.469 e. The molecule has 112 valence electrons. The van der Waals surface area contributed by atoms with Gasteiger partial charge in [0.15, 0.2) is 0 Å². The zero-order chi connectivity index (χ0) is 15.2. The van der Waals surface area contributed by atoms with E-state index in [0.29, 0.717) is 0 Å². The fourth-order valence-corrected chi connectivity index (χ4v) is 3.39. The van der Waals surface area contributed by atoms with Crippen LogP contribution in [0.25, 0.3) is 0 Å². The van der Waals surface area contributed by atoms with Gasteiger partial charge in [-0.05, 0) is 17.7 Å². The molecule has 5 nitrogen and oxygen atoms in total. The summed E-state index contributed by atoms with van der Waals surface area (Å²) in [6.45, 7) is 0. The van der Waals surface area contributed by atoms with Crippen molar-refractivity contribution in [3.63, 3.8) is 0 Å². The quantitative estimate of drug-likeness (QED) is 0.546. The van der Waals surface area contributed by atoms with E-state index >= 15 is 0 Å².